The summed E-state index contributed by atoms with van der Waals surface area (Å²) in [4.78, 5) is 0. The van der Waals surface area contributed by atoms with Crippen LogP contribution in [0.2, 0.25) is 0 Å². The minimum Gasteiger partial charge on any atom is -0.0883 e. The summed E-state index contributed by atoms with van der Waals surface area (Å²) >= 11 is 5.54. The Kier molecular flexibility index (Phi) is 4.77. The SMILES string of the molecule is C/C(I)=C/CBr. The third-order valence-corrected chi connectivity index (χ3v) is 1.12. The van der Waals surface area contributed by atoms with Crippen LogP contribution in [0.5, 0.6) is 0 Å². The molecule has 0 aliphatic heterocycles. The van der Waals surface area contributed by atoms with Crippen molar-refractivity contribution in [3.63, 3.8) is 0 Å². The van der Waals surface area contributed by atoms with Gasteiger partial charge in [-0.05, 0) is 33.1 Å². The summed E-state index contributed by atoms with van der Waals surface area (Å²) in [5, 5.41) is 0.974. The van der Waals surface area contributed by atoms with Gasteiger partial charge in [0, 0.05) is 5.33 Å². The first-order valence-corrected chi connectivity index (χ1v) is 3.85. The van der Waals surface area contributed by atoms with Gasteiger partial charge in [0.2, 0.25) is 0 Å². The van der Waals surface area contributed by atoms with Crippen LogP contribution in [0, 0.1) is 0 Å². The summed E-state index contributed by atoms with van der Waals surface area (Å²) in [5.74, 6) is 0. The highest BCUT2D eigenvalue weighted by molar-refractivity contribution is 14.1. The van der Waals surface area contributed by atoms with E-state index >= 15 is 0 Å². The molecule has 0 unspecified atom stereocenters. The Balaban J connectivity index is 3.14. The molecule has 0 N–H and O–H groups in total. The molecule has 0 aliphatic rings. The first kappa shape index (κ1) is 6.95. The largest absolute Gasteiger partial charge is 0.0883 e. The molecule has 0 aliphatic carbocycles. The highest BCUT2D eigenvalue weighted by atomic mass is 127. The van der Waals surface area contributed by atoms with Gasteiger partial charge in [0.25, 0.3) is 0 Å². The maximum atomic E-state index is 3.27. The van der Waals surface area contributed by atoms with E-state index in [0.29, 0.717) is 0 Å². The van der Waals surface area contributed by atoms with Crippen LogP contribution in [0.4, 0.5) is 0 Å². The Morgan fingerprint density at radius 1 is 2.00 bits per heavy atom. The molecule has 0 nitrogen and oxygen atoms in total. The lowest BCUT2D eigenvalue weighted by molar-refractivity contribution is 1.65. The lowest BCUT2D eigenvalue weighted by Gasteiger charge is -1.76. The predicted octanol–water partition coefficient (Wildman–Crippen LogP) is 2.72. The van der Waals surface area contributed by atoms with Crippen molar-refractivity contribution in [2.75, 3.05) is 5.33 Å². The predicted molar refractivity (Wildman–Crippen MR) is 41.6 cm³/mol. The van der Waals surface area contributed by atoms with Gasteiger partial charge in [-0.2, -0.15) is 0 Å². The molecule has 0 aromatic heterocycles. The second-order valence-corrected chi connectivity index (χ2v) is 3.29. The van der Waals surface area contributed by atoms with Gasteiger partial charge in [-0.1, -0.05) is 22.0 Å². The highest BCUT2D eigenvalue weighted by Crippen LogP contribution is 2.02. The summed E-state index contributed by atoms with van der Waals surface area (Å²) in [7, 11) is 0. The van der Waals surface area contributed by atoms with Crippen LogP contribution < -0.4 is 0 Å². The van der Waals surface area contributed by atoms with Crippen molar-refractivity contribution >= 4 is 38.5 Å². The Morgan fingerprint density at radius 2 is 2.50 bits per heavy atom. The molecule has 0 rings (SSSR count). The van der Waals surface area contributed by atoms with Crippen molar-refractivity contribution in [2.24, 2.45) is 0 Å². The summed E-state index contributed by atoms with van der Waals surface area (Å²) in [6, 6.07) is 0. The average molecular weight is 261 g/mol. The van der Waals surface area contributed by atoms with E-state index in [1.165, 1.54) is 3.58 Å². The Bertz CT molecular complexity index is 54.6. The van der Waals surface area contributed by atoms with Crippen LogP contribution in [0.25, 0.3) is 0 Å². The lowest BCUT2D eigenvalue weighted by Crippen LogP contribution is -1.57. The lowest BCUT2D eigenvalue weighted by atomic mass is 10.6. The number of hydrogen-bond acceptors (Lipinski definition) is 0. The quantitative estimate of drug-likeness (QED) is 0.502. The van der Waals surface area contributed by atoms with Gasteiger partial charge >= 0.3 is 0 Å². The first-order chi connectivity index (χ1) is 2.77. The fourth-order valence-electron chi connectivity index (χ4n) is 0.106. The van der Waals surface area contributed by atoms with Crippen molar-refractivity contribution in [3.05, 3.63) is 9.66 Å². The van der Waals surface area contributed by atoms with Crippen molar-refractivity contribution in [3.8, 4) is 0 Å². The summed E-state index contributed by atoms with van der Waals surface area (Å²) in [6.07, 6.45) is 2.11. The van der Waals surface area contributed by atoms with Crippen LogP contribution in [-0.4, -0.2) is 5.33 Å². The van der Waals surface area contributed by atoms with Gasteiger partial charge in [0.05, 0.1) is 0 Å². The molecular weight excluding hydrogens is 255 g/mol. The van der Waals surface area contributed by atoms with E-state index in [4.69, 9.17) is 0 Å². The van der Waals surface area contributed by atoms with Crippen molar-refractivity contribution in [2.45, 2.75) is 6.92 Å². The Hall–Kier alpha value is 0.950. The number of hydrogen-bond donors (Lipinski definition) is 0. The first-order valence-electron chi connectivity index (χ1n) is 1.65. The van der Waals surface area contributed by atoms with Crippen molar-refractivity contribution < 1.29 is 0 Å². The molecule has 0 fully saturated rings. The number of allylic oxidation sites excluding steroid dienone is 2. The van der Waals surface area contributed by atoms with Gasteiger partial charge in [0.15, 0.2) is 0 Å². The van der Waals surface area contributed by atoms with Gasteiger partial charge in [0.1, 0.15) is 0 Å². The van der Waals surface area contributed by atoms with Gasteiger partial charge in [-0.3, -0.25) is 0 Å². The third-order valence-electron chi connectivity index (χ3n) is 0.358. The molecular formula is C4H6BrI. The van der Waals surface area contributed by atoms with E-state index in [0.717, 1.165) is 5.33 Å². The van der Waals surface area contributed by atoms with Crippen LogP contribution in [0.15, 0.2) is 9.66 Å². The van der Waals surface area contributed by atoms with E-state index in [9.17, 15) is 0 Å². The smallest absolute Gasteiger partial charge is 0.0222 e. The zero-order chi connectivity index (χ0) is 4.99. The fourth-order valence-corrected chi connectivity index (χ4v) is 1.42. The zero-order valence-electron chi connectivity index (χ0n) is 3.54. The van der Waals surface area contributed by atoms with E-state index in [-0.39, 0.29) is 0 Å². The normalized spacial score (nSPS) is 12.2. The minimum absolute atomic E-state index is 0.974. The molecule has 6 heavy (non-hydrogen) atoms. The maximum Gasteiger partial charge on any atom is 0.0222 e. The molecule has 0 amide bonds. The van der Waals surface area contributed by atoms with Gasteiger partial charge in [-0.25, -0.2) is 0 Å². The summed E-state index contributed by atoms with van der Waals surface area (Å²) in [6.45, 7) is 2.07. The Labute approximate surface area is 60.3 Å². The molecule has 0 aromatic rings. The summed E-state index contributed by atoms with van der Waals surface area (Å²) in [5.41, 5.74) is 0. The van der Waals surface area contributed by atoms with Crippen LogP contribution in [0.3, 0.4) is 0 Å². The zero-order valence-corrected chi connectivity index (χ0v) is 7.28. The van der Waals surface area contributed by atoms with Gasteiger partial charge < -0.3 is 0 Å². The van der Waals surface area contributed by atoms with E-state index < -0.39 is 0 Å². The molecule has 0 radical (unpaired) electrons. The van der Waals surface area contributed by atoms with Crippen LogP contribution in [0.1, 0.15) is 6.92 Å². The highest BCUT2D eigenvalue weighted by Gasteiger charge is 1.70. The molecule has 0 atom stereocenters. The van der Waals surface area contributed by atoms with E-state index in [1.807, 2.05) is 0 Å². The van der Waals surface area contributed by atoms with Gasteiger partial charge in [-0.15, -0.1) is 0 Å². The van der Waals surface area contributed by atoms with Crippen LogP contribution in [-0.2, 0) is 0 Å². The van der Waals surface area contributed by atoms with E-state index in [2.05, 4.69) is 51.5 Å². The molecule has 0 aromatic carbocycles. The van der Waals surface area contributed by atoms with Crippen molar-refractivity contribution in [1.82, 2.24) is 0 Å². The maximum absolute atomic E-state index is 3.27. The monoisotopic (exact) mass is 260 g/mol. The second-order valence-electron chi connectivity index (χ2n) is 0.945. The summed E-state index contributed by atoms with van der Waals surface area (Å²) < 4.78 is 1.34. The van der Waals surface area contributed by atoms with Crippen molar-refractivity contribution in [1.29, 1.82) is 0 Å². The fraction of sp³-hybridized carbons (Fsp3) is 0.500. The number of rotatable bonds is 1. The molecule has 2 heteroatoms. The van der Waals surface area contributed by atoms with Crippen LogP contribution >= 0.6 is 38.5 Å². The second kappa shape index (κ2) is 4.12. The molecule has 0 saturated heterocycles. The minimum atomic E-state index is 0.974. The molecule has 0 spiro atoms. The molecule has 0 heterocycles. The topological polar surface area (TPSA) is 0 Å². The number of alkyl halides is 1. The number of halogens is 2. The molecule has 0 bridgehead atoms. The molecule has 0 saturated carbocycles. The molecule has 36 valence electrons. The third kappa shape index (κ3) is 4.95. The Morgan fingerprint density at radius 3 is 2.50 bits per heavy atom. The standard InChI is InChI=1S/C4H6BrI/c1-4(6)2-3-5/h2H,3H2,1H3/b4-2-. The van der Waals surface area contributed by atoms with E-state index in [1.54, 1.807) is 0 Å². The average Bonchev–Trinajstić information content (AvgIpc) is 1.35.